The first-order valence-corrected chi connectivity index (χ1v) is 9.71. The van der Waals surface area contributed by atoms with Gasteiger partial charge in [-0.05, 0) is 61.6 Å². The van der Waals surface area contributed by atoms with Gasteiger partial charge in [0.15, 0.2) is 12.1 Å². The molecule has 0 amide bonds. The summed E-state index contributed by atoms with van der Waals surface area (Å²) < 4.78 is 24.1. The van der Waals surface area contributed by atoms with Crippen LogP contribution in [0.2, 0.25) is 0 Å². The molecule has 0 radical (unpaired) electrons. The van der Waals surface area contributed by atoms with Gasteiger partial charge >= 0.3 is 0 Å². The van der Waals surface area contributed by atoms with Crippen LogP contribution in [-0.2, 0) is 0 Å². The molecule has 4 rings (SSSR count). The minimum Gasteiger partial charge on any atom is -0.484 e. The lowest BCUT2D eigenvalue weighted by atomic mass is 10.1. The Morgan fingerprint density at radius 3 is 2.75 bits per heavy atom. The highest BCUT2D eigenvalue weighted by atomic mass is 32.1. The first-order valence-electron chi connectivity index (χ1n) is 8.94. The smallest absolute Gasteiger partial charge is 0.184 e. The van der Waals surface area contributed by atoms with E-state index in [2.05, 4.69) is 9.36 Å². The molecule has 1 aliphatic carbocycles. The van der Waals surface area contributed by atoms with E-state index in [-0.39, 0.29) is 23.4 Å². The normalized spacial score (nSPS) is 14.5. The average molecular weight is 396 g/mol. The van der Waals surface area contributed by atoms with Crippen molar-refractivity contribution < 1.29 is 18.7 Å². The highest BCUT2D eigenvalue weighted by Crippen LogP contribution is 2.33. The number of ketones is 1. The second-order valence-electron chi connectivity index (χ2n) is 6.75. The Kier molecular flexibility index (Phi) is 5.00. The molecule has 1 saturated carbocycles. The maximum absolute atomic E-state index is 13.8. The van der Waals surface area contributed by atoms with Crippen molar-refractivity contribution in [1.29, 1.82) is 0 Å². The summed E-state index contributed by atoms with van der Waals surface area (Å²) >= 11 is 1.27. The van der Waals surface area contributed by atoms with E-state index in [0.717, 1.165) is 17.7 Å². The van der Waals surface area contributed by atoms with Crippen molar-refractivity contribution >= 4 is 23.6 Å². The lowest BCUT2D eigenvalue weighted by Gasteiger charge is -2.12. The largest absolute Gasteiger partial charge is 0.484 e. The topological polar surface area (TPSA) is 69.2 Å². The van der Waals surface area contributed by atoms with E-state index >= 15 is 0 Å². The maximum Gasteiger partial charge on any atom is 0.184 e. The van der Waals surface area contributed by atoms with Crippen LogP contribution in [0.3, 0.4) is 0 Å². The molecule has 2 heterocycles. The molecular weight excluding hydrogens is 379 g/mol. The molecule has 1 unspecified atom stereocenters. The van der Waals surface area contributed by atoms with E-state index in [1.165, 1.54) is 23.7 Å². The number of aldehydes is 1. The third-order valence-electron chi connectivity index (χ3n) is 4.60. The van der Waals surface area contributed by atoms with Crippen molar-refractivity contribution in [2.45, 2.75) is 25.9 Å². The number of nitrogens with zero attached hydrogens (tertiary/aromatic N) is 2. The highest BCUT2D eigenvalue weighted by molar-refractivity contribution is 7.06. The van der Waals surface area contributed by atoms with Gasteiger partial charge in [0.25, 0.3) is 0 Å². The summed E-state index contributed by atoms with van der Waals surface area (Å²) in [5.41, 5.74) is 1.72. The third-order valence-corrected chi connectivity index (χ3v) is 5.55. The van der Waals surface area contributed by atoms with Gasteiger partial charge in [-0.15, -0.1) is 0 Å². The molecular formula is C21H17FN2O3S. The van der Waals surface area contributed by atoms with E-state index in [4.69, 9.17) is 4.74 Å². The number of Topliss-reactive ketones (excluding diaryl/α,β-unsaturated/α-hetero) is 1. The summed E-state index contributed by atoms with van der Waals surface area (Å²) in [6.45, 7) is 1.89. The molecule has 1 aliphatic rings. The number of benzene rings is 1. The lowest BCUT2D eigenvalue weighted by Crippen LogP contribution is -2.05. The highest BCUT2D eigenvalue weighted by Gasteiger charge is 2.31. The zero-order chi connectivity index (χ0) is 19.7. The van der Waals surface area contributed by atoms with E-state index < -0.39 is 5.82 Å². The number of hydrogen-bond donors (Lipinski definition) is 0. The van der Waals surface area contributed by atoms with Gasteiger partial charge in [-0.1, -0.05) is 6.07 Å². The van der Waals surface area contributed by atoms with Gasteiger partial charge in [0, 0.05) is 11.5 Å². The Morgan fingerprint density at radius 1 is 1.29 bits per heavy atom. The number of halogens is 1. The second-order valence-corrected chi connectivity index (χ2v) is 7.58. The van der Waals surface area contributed by atoms with Gasteiger partial charge in [-0.3, -0.25) is 9.59 Å². The fourth-order valence-corrected chi connectivity index (χ4v) is 3.53. The van der Waals surface area contributed by atoms with Crippen molar-refractivity contribution in [3.63, 3.8) is 0 Å². The number of carbonyl (C=O) groups excluding carboxylic acids is 2. The first kappa shape index (κ1) is 18.4. The van der Waals surface area contributed by atoms with Crippen LogP contribution < -0.4 is 4.74 Å². The van der Waals surface area contributed by atoms with Crippen molar-refractivity contribution in [1.82, 2.24) is 9.36 Å². The van der Waals surface area contributed by atoms with Crippen LogP contribution in [0.1, 0.15) is 51.6 Å². The summed E-state index contributed by atoms with van der Waals surface area (Å²) in [4.78, 5) is 27.8. The Morgan fingerprint density at radius 2 is 2.11 bits per heavy atom. The van der Waals surface area contributed by atoms with Crippen molar-refractivity contribution in [2.24, 2.45) is 5.92 Å². The van der Waals surface area contributed by atoms with Gasteiger partial charge in [0.2, 0.25) is 0 Å². The molecule has 7 heteroatoms. The van der Waals surface area contributed by atoms with E-state index in [1.807, 2.05) is 13.0 Å². The number of pyridine rings is 1. The second kappa shape index (κ2) is 7.59. The van der Waals surface area contributed by atoms with Crippen LogP contribution in [0.25, 0.3) is 11.3 Å². The number of aromatic nitrogens is 2. The number of carbonyl (C=O) groups is 2. The molecule has 0 spiro atoms. The van der Waals surface area contributed by atoms with Crippen LogP contribution >= 0.6 is 11.5 Å². The van der Waals surface area contributed by atoms with Crippen LogP contribution in [0, 0.1) is 11.7 Å². The average Bonchev–Trinajstić information content (AvgIpc) is 3.44. The maximum atomic E-state index is 13.8. The molecule has 5 nitrogen and oxygen atoms in total. The predicted molar refractivity (Wildman–Crippen MR) is 103 cm³/mol. The minimum absolute atomic E-state index is 0.0204. The Bertz CT molecular complexity index is 1030. The summed E-state index contributed by atoms with van der Waals surface area (Å²) in [5.74, 6) is 0.230. The Labute approximate surface area is 165 Å². The van der Waals surface area contributed by atoms with Gasteiger partial charge in [-0.25, -0.2) is 9.37 Å². The van der Waals surface area contributed by atoms with Crippen LogP contribution in [0.5, 0.6) is 5.75 Å². The fourth-order valence-electron chi connectivity index (χ4n) is 2.81. The molecule has 3 aromatic rings. The van der Waals surface area contributed by atoms with Gasteiger partial charge < -0.3 is 4.74 Å². The molecule has 0 aliphatic heterocycles. The van der Waals surface area contributed by atoms with Crippen molar-refractivity contribution in [3.8, 4) is 17.0 Å². The standard InChI is InChI=1S/C21H17FN2O3S/c1-12(27-16-6-7-18(23-10-16)21(26)13-2-3-13)20-9-19(24-28-20)14-4-5-15(11-25)17(22)8-14/h4-13H,2-3H2,1H3. The quantitative estimate of drug-likeness (QED) is 0.420. The third kappa shape index (κ3) is 3.84. The van der Waals surface area contributed by atoms with E-state index in [9.17, 15) is 14.0 Å². The molecule has 2 aromatic heterocycles. The summed E-state index contributed by atoms with van der Waals surface area (Å²) in [6.07, 6.45) is 3.66. The molecule has 28 heavy (non-hydrogen) atoms. The van der Waals surface area contributed by atoms with Crippen LogP contribution in [0.15, 0.2) is 42.6 Å². The number of ether oxygens (including phenoxy) is 1. The Balaban J connectivity index is 1.45. The summed E-state index contributed by atoms with van der Waals surface area (Å²) in [6, 6.07) is 9.67. The zero-order valence-corrected chi connectivity index (χ0v) is 15.9. The molecule has 1 aromatic carbocycles. The Hall–Kier alpha value is -2.93. The predicted octanol–water partition coefficient (Wildman–Crippen LogP) is 4.89. The van der Waals surface area contributed by atoms with Crippen LogP contribution in [0.4, 0.5) is 4.39 Å². The molecule has 0 bridgehead atoms. The van der Waals surface area contributed by atoms with Crippen molar-refractivity contribution in [2.75, 3.05) is 0 Å². The lowest BCUT2D eigenvalue weighted by molar-refractivity contribution is 0.0962. The summed E-state index contributed by atoms with van der Waals surface area (Å²) in [5, 5.41) is 0. The van der Waals surface area contributed by atoms with Crippen molar-refractivity contribution in [3.05, 3.63) is 64.5 Å². The minimum atomic E-state index is -0.571. The molecule has 0 N–H and O–H groups in total. The fraction of sp³-hybridized carbons (Fsp3) is 0.238. The van der Waals surface area contributed by atoms with Gasteiger partial charge in [0.05, 0.1) is 22.3 Å². The van der Waals surface area contributed by atoms with Gasteiger partial charge in [0.1, 0.15) is 23.4 Å². The van der Waals surface area contributed by atoms with Crippen LogP contribution in [-0.4, -0.2) is 21.4 Å². The molecule has 1 fully saturated rings. The zero-order valence-electron chi connectivity index (χ0n) is 15.1. The van der Waals surface area contributed by atoms with E-state index in [1.54, 1.807) is 24.4 Å². The number of hydrogen-bond acceptors (Lipinski definition) is 6. The molecule has 142 valence electrons. The first-order chi connectivity index (χ1) is 13.5. The SMILES string of the molecule is CC(Oc1ccc(C(=O)C2CC2)nc1)c1cc(-c2ccc(C=O)c(F)c2)ns1. The monoisotopic (exact) mass is 396 g/mol. The summed E-state index contributed by atoms with van der Waals surface area (Å²) in [7, 11) is 0. The van der Waals surface area contributed by atoms with E-state index in [0.29, 0.717) is 29.0 Å². The number of rotatable bonds is 7. The molecule has 0 saturated heterocycles. The van der Waals surface area contributed by atoms with Gasteiger partial charge in [-0.2, -0.15) is 4.37 Å². The molecule has 1 atom stereocenters.